The number of piperidine rings is 1. The van der Waals surface area contributed by atoms with Crippen LogP contribution in [-0.2, 0) is 11.8 Å². The first-order valence-electron chi connectivity index (χ1n) is 14.7. The fraction of sp³-hybridized carbons (Fsp3) is 0.371. The van der Waals surface area contributed by atoms with Gasteiger partial charge in [-0.2, -0.15) is 0 Å². The van der Waals surface area contributed by atoms with Gasteiger partial charge in [-0.25, -0.2) is 0 Å². The lowest BCUT2D eigenvalue weighted by molar-refractivity contribution is 0.144. The van der Waals surface area contributed by atoms with E-state index in [1.807, 2.05) is 0 Å². The second-order valence-electron chi connectivity index (χ2n) is 12.0. The minimum Gasteiger partial charge on any atom is -0.497 e. The van der Waals surface area contributed by atoms with E-state index in [2.05, 4.69) is 94.6 Å². The lowest BCUT2D eigenvalue weighted by Crippen LogP contribution is -2.48. The molecule has 2 aliphatic heterocycles. The SMILES string of the molecule is COc1ccc(C2(c3ccc(OC)cc3)CCN(C[C@@H]3C=C4c5cccc6[nH]c(Cl)c(c56)C[C@H]4N(C)C3)CC2)cc1. The van der Waals surface area contributed by atoms with Crippen LogP contribution in [0.4, 0.5) is 0 Å². The Morgan fingerprint density at radius 1 is 0.902 bits per heavy atom. The van der Waals surface area contributed by atoms with Gasteiger partial charge in [-0.3, -0.25) is 4.90 Å². The third-order valence-electron chi connectivity index (χ3n) is 9.90. The van der Waals surface area contributed by atoms with Crippen LogP contribution in [0.2, 0.25) is 5.15 Å². The Morgan fingerprint density at radius 3 is 2.15 bits per heavy atom. The molecular weight excluding hydrogens is 530 g/mol. The number of rotatable bonds is 6. The van der Waals surface area contributed by atoms with Crippen LogP contribution in [0.25, 0.3) is 16.5 Å². The minimum absolute atomic E-state index is 0.0229. The Morgan fingerprint density at radius 2 is 1.54 bits per heavy atom. The van der Waals surface area contributed by atoms with Gasteiger partial charge in [0.1, 0.15) is 16.7 Å². The smallest absolute Gasteiger partial charge is 0.118 e. The Kier molecular flexibility index (Phi) is 6.85. The third-order valence-corrected chi connectivity index (χ3v) is 10.2. The number of likely N-dealkylation sites (N-methyl/N-ethyl adjacent to an activating group) is 1. The maximum absolute atomic E-state index is 6.64. The monoisotopic (exact) mass is 567 g/mol. The Bertz CT molecular complexity index is 1530. The van der Waals surface area contributed by atoms with Crippen molar-refractivity contribution < 1.29 is 9.47 Å². The van der Waals surface area contributed by atoms with Crippen LogP contribution in [0.5, 0.6) is 11.5 Å². The quantitative estimate of drug-likeness (QED) is 0.278. The zero-order valence-electron chi connectivity index (χ0n) is 24.1. The summed E-state index contributed by atoms with van der Waals surface area (Å²) in [6.07, 6.45) is 5.72. The molecule has 212 valence electrons. The molecule has 5 nitrogen and oxygen atoms in total. The highest BCUT2D eigenvalue weighted by Crippen LogP contribution is 2.45. The van der Waals surface area contributed by atoms with Crippen LogP contribution in [0.3, 0.4) is 0 Å². The van der Waals surface area contributed by atoms with Gasteiger partial charge < -0.3 is 19.4 Å². The van der Waals surface area contributed by atoms with E-state index in [-0.39, 0.29) is 5.41 Å². The summed E-state index contributed by atoms with van der Waals surface area (Å²) < 4.78 is 10.9. The summed E-state index contributed by atoms with van der Waals surface area (Å²) in [7, 11) is 5.74. The number of nitrogens with zero attached hydrogens (tertiary/aromatic N) is 2. The van der Waals surface area contributed by atoms with Crippen molar-refractivity contribution in [2.75, 3.05) is 47.4 Å². The Hall–Kier alpha value is -3.25. The lowest BCUT2D eigenvalue weighted by Gasteiger charge is -2.45. The number of H-pyrrole nitrogens is 1. The van der Waals surface area contributed by atoms with Crippen LogP contribution >= 0.6 is 11.6 Å². The number of aromatic nitrogens is 1. The first kappa shape index (κ1) is 26.6. The number of benzene rings is 3. The summed E-state index contributed by atoms with van der Waals surface area (Å²) in [4.78, 5) is 8.64. The molecule has 3 aliphatic rings. The molecule has 1 aliphatic carbocycles. The standard InChI is InChI=1S/C35H38ClN3O2/c1-38-21-23(19-29-28-5-4-6-31-33(28)30(20-32(29)38)34(36)37-31)22-39-17-15-35(16-18-39,24-7-11-26(40-2)12-8-24)25-9-13-27(41-3)14-10-25/h4-14,19,23,32,37H,15-18,20-22H2,1-3H3/t23-,32-/m1/s1. The first-order valence-corrected chi connectivity index (χ1v) is 15.1. The second kappa shape index (κ2) is 10.5. The molecule has 0 spiro atoms. The summed E-state index contributed by atoms with van der Waals surface area (Å²) in [5.41, 5.74) is 7.95. The average Bonchev–Trinajstić information content (AvgIpc) is 3.34. The largest absolute Gasteiger partial charge is 0.497 e. The van der Waals surface area contributed by atoms with Crippen molar-refractivity contribution in [1.29, 1.82) is 0 Å². The fourth-order valence-corrected chi connectivity index (χ4v) is 7.99. The van der Waals surface area contributed by atoms with Crippen molar-refractivity contribution in [1.82, 2.24) is 14.8 Å². The molecule has 0 radical (unpaired) electrons. The van der Waals surface area contributed by atoms with E-state index in [0.29, 0.717) is 12.0 Å². The zero-order valence-corrected chi connectivity index (χ0v) is 24.9. The highest BCUT2D eigenvalue weighted by Gasteiger charge is 2.40. The van der Waals surface area contributed by atoms with Crippen molar-refractivity contribution in [3.05, 3.63) is 100 Å². The maximum Gasteiger partial charge on any atom is 0.118 e. The molecule has 7 rings (SSSR count). The normalized spacial score (nSPS) is 22.3. The number of methoxy groups -OCH3 is 2. The van der Waals surface area contributed by atoms with E-state index in [9.17, 15) is 0 Å². The van der Waals surface area contributed by atoms with Crippen LogP contribution in [0.15, 0.2) is 72.8 Å². The number of aromatic amines is 1. The highest BCUT2D eigenvalue weighted by atomic mass is 35.5. The summed E-state index contributed by atoms with van der Waals surface area (Å²) in [6.45, 7) is 4.29. The number of halogens is 1. The van der Waals surface area contributed by atoms with Gasteiger partial charge in [0.2, 0.25) is 0 Å². The molecule has 1 saturated heterocycles. The van der Waals surface area contributed by atoms with Crippen molar-refractivity contribution in [2.45, 2.75) is 30.7 Å². The molecule has 6 heteroatoms. The number of hydrogen-bond acceptors (Lipinski definition) is 4. The predicted octanol–water partition coefficient (Wildman–Crippen LogP) is 6.79. The molecule has 3 aromatic carbocycles. The zero-order chi connectivity index (χ0) is 28.1. The molecule has 1 aromatic heterocycles. The summed E-state index contributed by atoms with van der Waals surface area (Å²) in [5, 5.41) is 2.11. The summed E-state index contributed by atoms with van der Waals surface area (Å²) >= 11 is 6.64. The molecule has 1 N–H and O–H groups in total. The van der Waals surface area contributed by atoms with Crippen molar-refractivity contribution >= 4 is 28.1 Å². The Labute approximate surface area is 247 Å². The number of likely N-dealkylation sites (tertiary alicyclic amines) is 1. The summed E-state index contributed by atoms with van der Waals surface area (Å²) in [5.74, 6) is 2.29. The molecule has 4 aromatic rings. The van der Waals surface area contributed by atoms with Gasteiger partial charge in [0.25, 0.3) is 0 Å². The highest BCUT2D eigenvalue weighted by molar-refractivity contribution is 6.32. The molecule has 3 heterocycles. The summed E-state index contributed by atoms with van der Waals surface area (Å²) in [6, 6.07) is 24.4. The molecule has 0 unspecified atom stereocenters. The van der Waals surface area contributed by atoms with Gasteiger partial charge in [0.05, 0.1) is 14.2 Å². The molecule has 0 bridgehead atoms. The average molecular weight is 568 g/mol. The van der Waals surface area contributed by atoms with E-state index >= 15 is 0 Å². The Balaban J connectivity index is 1.14. The molecule has 0 amide bonds. The molecular formula is C35H38ClN3O2. The number of fused-ring (bicyclic) bond motifs is 2. The van der Waals surface area contributed by atoms with Crippen molar-refractivity contribution in [3.8, 4) is 11.5 Å². The lowest BCUT2D eigenvalue weighted by atomic mass is 9.68. The van der Waals surface area contributed by atoms with Crippen LogP contribution in [0, 0.1) is 5.92 Å². The van der Waals surface area contributed by atoms with Gasteiger partial charge in [-0.15, -0.1) is 0 Å². The van der Waals surface area contributed by atoms with E-state index in [0.717, 1.165) is 67.6 Å². The number of hydrogen-bond donors (Lipinski definition) is 1. The second-order valence-corrected chi connectivity index (χ2v) is 12.4. The van der Waals surface area contributed by atoms with E-state index in [4.69, 9.17) is 21.1 Å². The fourth-order valence-electron chi connectivity index (χ4n) is 7.72. The van der Waals surface area contributed by atoms with Crippen LogP contribution in [0.1, 0.15) is 35.1 Å². The first-order chi connectivity index (χ1) is 20.0. The van der Waals surface area contributed by atoms with Crippen LogP contribution in [-0.4, -0.2) is 68.3 Å². The number of ether oxygens (including phenoxy) is 2. The van der Waals surface area contributed by atoms with E-state index in [1.54, 1.807) is 14.2 Å². The van der Waals surface area contributed by atoms with E-state index < -0.39 is 0 Å². The van der Waals surface area contributed by atoms with E-state index in [1.165, 1.54) is 33.2 Å². The molecule has 2 atom stereocenters. The van der Waals surface area contributed by atoms with Gasteiger partial charge in [0.15, 0.2) is 0 Å². The third kappa shape index (κ3) is 4.55. The topological polar surface area (TPSA) is 40.7 Å². The molecule has 41 heavy (non-hydrogen) atoms. The van der Waals surface area contributed by atoms with Gasteiger partial charge in [0, 0.05) is 41.4 Å². The van der Waals surface area contributed by atoms with Gasteiger partial charge in [-0.1, -0.05) is 54.1 Å². The maximum atomic E-state index is 6.64. The minimum atomic E-state index is -0.0229. The van der Waals surface area contributed by atoms with Crippen LogP contribution < -0.4 is 9.47 Å². The molecule has 0 saturated carbocycles. The molecule has 1 fully saturated rings. The van der Waals surface area contributed by atoms with Crippen molar-refractivity contribution in [2.24, 2.45) is 5.92 Å². The van der Waals surface area contributed by atoms with Gasteiger partial charge >= 0.3 is 0 Å². The van der Waals surface area contributed by atoms with Gasteiger partial charge in [-0.05, 0) is 97.6 Å². The van der Waals surface area contributed by atoms with Crippen molar-refractivity contribution in [3.63, 3.8) is 0 Å². The predicted molar refractivity (Wildman–Crippen MR) is 167 cm³/mol. The number of nitrogens with one attached hydrogen (secondary N) is 1.